The normalized spacial score (nSPS) is 20.8. The molecule has 2 heterocycles. The van der Waals surface area contributed by atoms with Gasteiger partial charge in [-0.25, -0.2) is 0 Å². The lowest BCUT2D eigenvalue weighted by molar-refractivity contribution is -0.113. The molecule has 0 bridgehead atoms. The molecule has 110 valence electrons. The third-order valence-corrected chi connectivity index (χ3v) is 4.71. The second-order valence-electron chi connectivity index (χ2n) is 5.10. The molecule has 3 rings (SSSR count). The molecular formula is C16H18N2O2S. The number of amidine groups is 1. The zero-order valence-corrected chi connectivity index (χ0v) is 12.9. The Morgan fingerprint density at radius 2 is 2.00 bits per heavy atom. The molecule has 2 aliphatic heterocycles. The number of carbonyl (C=O) groups is 1. The molecule has 0 N–H and O–H groups in total. The summed E-state index contributed by atoms with van der Waals surface area (Å²) in [7, 11) is 1.64. The van der Waals surface area contributed by atoms with Crippen LogP contribution in [0.2, 0.25) is 0 Å². The highest BCUT2D eigenvalue weighted by Crippen LogP contribution is 2.33. The van der Waals surface area contributed by atoms with E-state index in [1.165, 1.54) is 31.0 Å². The molecule has 1 amide bonds. The van der Waals surface area contributed by atoms with Crippen molar-refractivity contribution in [2.24, 2.45) is 4.99 Å². The van der Waals surface area contributed by atoms with E-state index in [9.17, 15) is 4.79 Å². The Morgan fingerprint density at radius 1 is 1.24 bits per heavy atom. The summed E-state index contributed by atoms with van der Waals surface area (Å²) in [6.07, 6.45) is 5.50. The summed E-state index contributed by atoms with van der Waals surface area (Å²) in [6, 6.07) is 7.69. The summed E-state index contributed by atoms with van der Waals surface area (Å²) < 4.78 is 5.32. The van der Waals surface area contributed by atoms with Crippen LogP contribution in [0.3, 0.4) is 0 Å². The highest BCUT2D eigenvalue weighted by Gasteiger charge is 2.27. The molecule has 0 spiro atoms. The average Bonchev–Trinajstić information content (AvgIpc) is 2.90. The van der Waals surface area contributed by atoms with Crippen molar-refractivity contribution in [3.05, 3.63) is 34.7 Å². The maximum Gasteiger partial charge on any atom is 0.286 e. The maximum atomic E-state index is 12.1. The number of ether oxygens (including phenoxy) is 1. The van der Waals surface area contributed by atoms with Crippen LogP contribution < -0.4 is 4.74 Å². The van der Waals surface area contributed by atoms with E-state index in [1.54, 1.807) is 7.11 Å². The lowest BCUT2D eigenvalue weighted by Gasteiger charge is -2.27. The van der Waals surface area contributed by atoms with Gasteiger partial charge in [-0.1, -0.05) is 18.2 Å². The monoisotopic (exact) mass is 302 g/mol. The molecule has 0 atom stereocenters. The van der Waals surface area contributed by atoms with Gasteiger partial charge in [0, 0.05) is 18.7 Å². The maximum absolute atomic E-state index is 12.1. The van der Waals surface area contributed by atoms with E-state index < -0.39 is 0 Å². The average molecular weight is 302 g/mol. The smallest absolute Gasteiger partial charge is 0.286 e. The van der Waals surface area contributed by atoms with Crippen LogP contribution in [-0.2, 0) is 4.79 Å². The van der Waals surface area contributed by atoms with Crippen LogP contribution in [0.4, 0.5) is 0 Å². The molecule has 0 unspecified atom stereocenters. The van der Waals surface area contributed by atoms with Crippen molar-refractivity contribution in [2.45, 2.75) is 19.3 Å². The number of para-hydroxylation sites is 1. The second-order valence-corrected chi connectivity index (χ2v) is 6.11. The quantitative estimate of drug-likeness (QED) is 0.787. The van der Waals surface area contributed by atoms with E-state index in [4.69, 9.17) is 4.74 Å². The first-order valence-corrected chi connectivity index (χ1v) is 8.00. The van der Waals surface area contributed by atoms with Crippen molar-refractivity contribution < 1.29 is 9.53 Å². The Hall–Kier alpha value is -1.75. The number of benzene rings is 1. The first kappa shape index (κ1) is 14.2. The summed E-state index contributed by atoms with van der Waals surface area (Å²) in [4.78, 5) is 19.2. The van der Waals surface area contributed by atoms with Gasteiger partial charge in [0.05, 0.1) is 12.0 Å². The van der Waals surface area contributed by atoms with Crippen molar-refractivity contribution >= 4 is 28.9 Å². The fraction of sp³-hybridized carbons (Fsp3) is 0.375. The van der Waals surface area contributed by atoms with Crippen LogP contribution in [0.25, 0.3) is 6.08 Å². The topological polar surface area (TPSA) is 41.9 Å². The number of thioether (sulfide) groups is 1. The molecule has 0 radical (unpaired) electrons. The minimum Gasteiger partial charge on any atom is -0.496 e. The Balaban J connectivity index is 1.79. The zero-order valence-electron chi connectivity index (χ0n) is 12.0. The van der Waals surface area contributed by atoms with Crippen LogP contribution in [0.15, 0.2) is 34.2 Å². The predicted octanol–water partition coefficient (Wildman–Crippen LogP) is 3.15. The van der Waals surface area contributed by atoms with E-state index >= 15 is 0 Å². The van der Waals surface area contributed by atoms with Gasteiger partial charge in [0.2, 0.25) is 0 Å². The highest BCUT2D eigenvalue weighted by molar-refractivity contribution is 8.18. The number of carbonyl (C=O) groups excluding carboxylic acids is 1. The molecule has 0 aromatic heterocycles. The number of amides is 1. The van der Waals surface area contributed by atoms with Crippen molar-refractivity contribution in [1.82, 2.24) is 4.90 Å². The lowest BCUT2D eigenvalue weighted by Crippen LogP contribution is -2.33. The molecule has 1 aromatic carbocycles. The minimum absolute atomic E-state index is 0.147. The first-order chi connectivity index (χ1) is 10.3. The number of piperidine rings is 1. The van der Waals surface area contributed by atoms with Crippen LogP contribution >= 0.6 is 11.8 Å². The molecule has 21 heavy (non-hydrogen) atoms. The van der Waals surface area contributed by atoms with Crippen molar-refractivity contribution in [1.29, 1.82) is 0 Å². The summed E-state index contributed by atoms with van der Waals surface area (Å²) >= 11 is 1.47. The van der Waals surface area contributed by atoms with Gasteiger partial charge in [-0.05, 0) is 43.2 Å². The molecule has 1 fully saturated rings. The fourth-order valence-corrected chi connectivity index (χ4v) is 3.50. The highest BCUT2D eigenvalue weighted by atomic mass is 32.2. The molecule has 2 aliphatic rings. The summed E-state index contributed by atoms with van der Waals surface area (Å²) in [5, 5.41) is 0.848. The number of hydrogen-bond acceptors (Lipinski definition) is 4. The van der Waals surface area contributed by atoms with Crippen LogP contribution in [0, 0.1) is 0 Å². The van der Waals surface area contributed by atoms with E-state index in [2.05, 4.69) is 9.89 Å². The summed E-state index contributed by atoms with van der Waals surface area (Å²) in [6.45, 7) is 2.00. The molecule has 5 heteroatoms. The summed E-state index contributed by atoms with van der Waals surface area (Å²) in [5.41, 5.74) is 0.908. The van der Waals surface area contributed by atoms with Crippen molar-refractivity contribution in [3.8, 4) is 5.75 Å². The molecule has 1 aromatic rings. The van der Waals surface area contributed by atoms with Crippen LogP contribution in [0.1, 0.15) is 24.8 Å². The van der Waals surface area contributed by atoms with E-state index in [0.29, 0.717) is 4.91 Å². The number of methoxy groups -OCH3 is 1. The largest absolute Gasteiger partial charge is 0.496 e. The Morgan fingerprint density at radius 3 is 2.76 bits per heavy atom. The third kappa shape index (κ3) is 3.13. The van der Waals surface area contributed by atoms with Gasteiger partial charge in [0.1, 0.15) is 5.75 Å². The number of likely N-dealkylation sites (tertiary alicyclic amines) is 1. The standard InChI is InChI=1S/C16H18N2O2S/c1-20-13-8-4-3-7-12(13)11-14-15(19)17-16(21-14)18-9-5-2-6-10-18/h3-4,7-8,11H,2,5-6,9-10H2,1H3/b14-11+. The van der Waals surface area contributed by atoms with E-state index in [-0.39, 0.29) is 5.91 Å². The Bertz CT molecular complexity index is 604. The van der Waals surface area contributed by atoms with Gasteiger partial charge in [0.15, 0.2) is 5.17 Å². The molecule has 4 nitrogen and oxygen atoms in total. The Labute approximate surface area is 128 Å². The van der Waals surface area contributed by atoms with Crippen molar-refractivity contribution in [2.75, 3.05) is 20.2 Å². The molecule has 0 aliphatic carbocycles. The van der Waals surface area contributed by atoms with Gasteiger partial charge >= 0.3 is 0 Å². The third-order valence-electron chi connectivity index (χ3n) is 3.66. The molecule has 1 saturated heterocycles. The summed E-state index contributed by atoms with van der Waals surface area (Å²) in [5.74, 6) is 0.622. The number of hydrogen-bond donors (Lipinski definition) is 0. The zero-order chi connectivity index (χ0) is 14.7. The van der Waals surface area contributed by atoms with Crippen molar-refractivity contribution in [3.63, 3.8) is 0 Å². The number of nitrogens with zero attached hydrogens (tertiary/aromatic N) is 2. The fourth-order valence-electron chi connectivity index (χ4n) is 2.55. The second kappa shape index (κ2) is 6.35. The van der Waals surface area contributed by atoms with Crippen LogP contribution in [0.5, 0.6) is 5.75 Å². The van der Waals surface area contributed by atoms with Gasteiger partial charge in [-0.2, -0.15) is 4.99 Å². The Kier molecular flexibility index (Phi) is 4.29. The first-order valence-electron chi connectivity index (χ1n) is 7.18. The predicted molar refractivity (Wildman–Crippen MR) is 86.4 cm³/mol. The van der Waals surface area contributed by atoms with Gasteiger partial charge < -0.3 is 9.64 Å². The lowest BCUT2D eigenvalue weighted by atomic mass is 10.1. The van der Waals surface area contributed by atoms with E-state index in [1.807, 2.05) is 30.3 Å². The number of rotatable bonds is 2. The molecule has 0 saturated carbocycles. The number of aliphatic imine (C=N–C) groups is 1. The van der Waals surface area contributed by atoms with Crippen LogP contribution in [-0.4, -0.2) is 36.2 Å². The van der Waals surface area contributed by atoms with Gasteiger partial charge in [-0.15, -0.1) is 0 Å². The molecular weight excluding hydrogens is 284 g/mol. The van der Waals surface area contributed by atoms with Gasteiger partial charge in [0.25, 0.3) is 5.91 Å². The minimum atomic E-state index is -0.147. The van der Waals surface area contributed by atoms with E-state index in [0.717, 1.165) is 29.6 Å². The SMILES string of the molecule is COc1ccccc1/C=C1/SC(N2CCCCC2)=NC1=O. The van der Waals surface area contributed by atoms with Gasteiger partial charge in [-0.3, -0.25) is 4.79 Å².